The summed E-state index contributed by atoms with van der Waals surface area (Å²) in [5, 5.41) is 0.749. The Hall–Kier alpha value is -1.44. The number of rotatable bonds is 5. The first-order valence-electron chi connectivity index (χ1n) is 6.39. The maximum atomic E-state index is 12.4. The molecule has 0 atom stereocenters. The number of nitrogens with one attached hydrogen (secondary N) is 1. The molecule has 1 N–H and O–H groups in total. The second-order valence-corrected chi connectivity index (χ2v) is 7.83. The van der Waals surface area contributed by atoms with Crippen molar-refractivity contribution in [3.63, 3.8) is 0 Å². The Morgan fingerprint density at radius 1 is 1.24 bits per heavy atom. The van der Waals surface area contributed by atoms with Crippen molar-refractivity contribution in [2.75, 3.05) is 7.11 Å². The van der Waals surface area contributed by atoms with Crippen molar-refractivity contribution >= 4 is 21.4 Å². The van der Waals surface area contributed by atoms with Crippen LogP contribution in [0.5, 0.6) is 5.75 Å². The van der Waals surface area contributed by atoms with Crippen molar-refractivity contribution < 1.29 is 13.2 Å². The van der Waals surface area contributed by atoms with Crippen LogP contribution >= 0.6 is 11.3 Å². The van der Waals surface area contributed by atoms with Gasteiger partial charge in [-0.3, -0.25) is 0 Å². The van der Waals surface area contributed by atoms with E-state index >= 15 is 0 Å². The van der Waals surface area contributed by atoms with Crippen molar-refractivity contribution in [3.05, 3.63) is 39.3 Å². The molecule has 0 unspecified atom stereocenters. The van der Waals surface area contributed by atoms with Gasteiger partial charge < -0.3 is 4.74 Å². The third-order valence-corrected chi connectivity index (χ3v) is 5.52. The van der Waals surface area contributed by atoms with Gasteiger partial charge >= 0.3 is 0 Å². The molecule has 0 spiro atoms. The first-order valence-corrected chi connectivity index (χ1v) is 8.69. The highest BCUT2D eigenvalue weighted by Gasteiger charge is 2.19. The highest BCUT2D eigenvalue weighted by atomic mass is 32.2. The number of ether oxygens (including phenoxy) is 1. The largest absolute Gasteiger partial charge is 0.496 e. The zero-order valence-corrected chi connectivity index (χ0v) is 14.1. The fraction of sp³-hybridized carbons (Fsp3) is 0.357. The lowest BCUT2D eigenvalue weighted by molar-refractivity contribution is 0.411. The predicted molar refractivity (Wildman–Crippen MR) is 83.3 cm³/mol. The maximum absolute atomic E-state index is 12.4. The average molecular weight is 326 g/mol. The van der Waals surface area contributed by atoms with Crippen LogP contribution in [-0.2, 0) is 16.6 Å². The van der Waals surface area contributed by atoms with E-state index in [1.165, 1.54) is 11.3 Å². The number of hydrogen-bond acceptors (Lipinski definition) is 5. The summed E-state index contributed by atoms with van der Waals surface area (Å²) in [4.78, 5) is 5.48. The number of nitrogens with zero attached hydrogens (tertiary/aromatic N) is 1. The molecule has 1 heterocycles. The molecule has 0 aliphatic heterocycles. The minimum Gasteiger partial charge on any atom is -0.496 e. The lowest BCUT2D eigenvalue weighted by Crippen LogP contribution is -2.24. The summed E-state index contributed by atoms with van der Waals surface area (Å²) < 4.78 is 32.6. The van der Waals surface area contributed by atoms with Crippen molar-refractivity contribution in [1.29, 1.82) is 0 Å². The molecule has 0 amide bonds. The number of methoxy groups -OCH3 is 1. The van der Waals surface area contributed by atoms with Crippen LogP contribution in [0, 0.1) is 20.8 Å². The molecule has 0 aliphatic carbocycles. The topological polar surface area (TPSA) is 68.3 Å². The van der Waals surface area contributed by atoms with Crippen LogP contribution in [0.15, 0.2) is 23.2 Å². The highest BCUT2D eigenvalue weighted by Crippen LogP contribution is 2.25. The van der Waals surface area contributed by atoms with Crippen LogP contribution in [0.2, 0.25) is 0 Å². The van der Waals surface area contributed by atoms with E-state index < -0.39 is 10.0 Å². The summed E-state index contributed by atoms with van der Waals surface area (Å²) in [7, 11) is -2.00. The van der Waals surface area contributed by atoms with Crippen molar-refractivity contribution in [3.8, 4) is 5.75 Å². The van der Waals surface area contributed by atoms with Crippen LogP contribution in [0.25, 0.3) is 0 Å². The number of benzene rings is 1. The van der Waals surface area contributed by atoms with E-state index in [4.69, 9.17) is 4.74 Å². The number of sulfonamides is 1. The lowest BCUT2D eigenvalue weighted by atomic mass is 10.1. The van der Waals surface area contributed by atoms with E-state index in [1.54, 1.807) is 32.4 Å². The zero-order chi connectivity index (χ0) is 15.6. The summed E-state index contributed by atoms with van der Waals surface area (Å²) in [5.41, 5.74) is 1.44. The Morgan fingerprint density at radius 2 is 1.95 bits per heavy atom. The highest BCUT2D eigenvalue weighted by molar-refractivity contribution is 7.89. The molecule has 0 fully saturated rings. The summed E-state index contributed by atoms with van der Waals surface area (Å²) in [6.45, 7) is 5.71. The molecular weight excluding hydrogens is 308 g/mol. The van der Waals surface area contributed by atoms with E-state index in [1.807, 2.05) is 13.8 Å². The van der Waals surface area contributed by atoms with Gasteiger partial charge in [-0.15, -0.1) is 11.3 Å². The predicted octanol–water partition coefficient (Wildman–Crippen LogP) is 2.56. The van der Waals surface area contributed by atoms with Gasteiger partial charge in [0, 0.05) is 11.1 Å². The van der Waals surface area contributed by atoms with Gasteiger partial charge in [-0.05, 0) is 44.0 Å². The Kier molecular flexibility index (Phi) is 4.65. The van der Waals surface area contributed by atoms with Crippen molar-refractivity contribution in [1.82, 2.24) is 9.71 Å². The molecular formula is C14H18N2O3S2. The molecule has 5 nitrogen and oxygen atoms in total. The van der Waals surface area contributed by atoms with E-state index in [0.717, 1.165) is 15.4 Å². The van der Waals surface area contributed by atoms with Crippen molar-refractivity contribution in [2.24, 2.45) is 0 Å². The van der Waals surface area contributed by atoms with Gasteiger partial charge in [-0.25, -0.2) is 18.1 Å². The van der Waals surface area contributed by atoms with Gasteiger partial charge in [-0.1, -0.05) is 0 Å². The molecule has 0 saturated carbocycles. The van der Waals surface area contributed by atoms with E-state index in [-0.39, 0.29) is 11.4 Å². The summed E-state index contributed by atoms with van der Waals surface area (Å²) in [6, 6.07) is 3.36. The molecule has 21 heavy (non-hydrogen) atoms. The lowest BCUT2D eigenvalue weighted by Gasteiger charge is -2.12. The van der Waals surface area contributed by atoms with E-state index in [0.29, 0.717) is 11.3 Å². The number of hydrogen-bond donors (Lipinski definition) is 1. The van der Waals surface area contributed by atoms with Crippen LogP contribution in [0.3, 0.4) is 0 Å². The molecule has 0 aliphatic rings. The number of aryl methyl sites for hydroxylation is 3. The summed E-state index contributed by atoms with van der Waals surface area (Å²) in [6.07, 6.45) is 1.73. The maximum Gasteiger partial charge on any atom is 0.241 e. The molecule has 114 valence electrons. The van der Waals surface area contributed by atoms with Gasteiger partial charge in [0.1, 0.15) is 10.8 Å². The molecule has 0 bridgehead atoms. The Labute approximate surface area is 129 Å². The van der Waals surface area contributed by atoms with Crippen molar-refractivity contribution in [2.45, 2.75) is 32.2 Å². The molecule has 1 aromatic heterocycles. The number of thiazole rings is 1. The van der Waals surface area contributed by atoms with Gasteiger partial charge in [-0.2, -0.15) is 0 Å². The van der Waals surface area contributed by atoms with Crippen LogP contribution in [0.4, 0.5) is 0 Å². The van der Waals surface area contributed by atoms with Gasteiger partial charge in [0.2, 0.25) is 10.0 Å². The first kappa shape index (κ1) is 15.9. The zero-order valence-electron chi connectivity index (χ0n) is 12.4. The first-order chi connectivity index (χ1) is 9.83. The summed E-state index contributed by atoms with van der Waals surface area (Å²) in [5.74, 6) is 0.682. The minimum absolute atomic E-state index is 0.200. The molecule has 2 aromatic rings. The molecule has 2 rings (SSSR count). The fourth-order valence-electron chi connectivity index (χ4n) is 1.99. The van der Waals surface area contributed by atoms with Crippen LogP contribution in [-0.4, -0.2) is 20.5 Å². The quantitative estimate of drug-likeness (QED) is 0.917. The second-order valence-electron chi connectivity index (χ2n) is 4.78. The summed E-state index contributed by atoms with van der Waals surface area (Å²) >= 11 is 1.48. The molecule has 0 radical (unpaired) electrons. The van der Waals surface area contributed by atoms with Gasteiger partial charge in [0.25, 0.3) is 0 Å². The standard InChI is InChI=1S/C14H18N2O3S2/c1-9-6-13(10(2)5-12(9)19-4)21(17,18)16-8-14-15-7-11(3)20-14/h5-7,16H,8H2,1-4H3. The normalized spacial score (nSPS) is 11.6. The van der Waals surface area contributed by atoms with Gasteiger partial charge in [0.15, 0.2) is 0 Å². The van der Waals surface area contributed by atoms with E-state index in [9.17, 15) is 8.42 Å². The minimum atomic E-state index is -3.57. The third-order valence-electron chi connectivity index (χ3n) is 3.06. The smallest absolute Gasteiger partial charge is 0.241 e. The van der Waals surface area contributed by atoms with E-state index in [2.05, 4.69) is 9.71 Å². The molecule has 1 aromatic carbocycles. The number of aromatic nitrogens is 1. The van der Waals surface area contributed by atoms with Gasteiger partial charge in [0.05, 0.1) is 18.6 Å². The Balaban J connectivity index is 2.25. The van der Waals surface area contributed by atoms with Crippen LogP contribution < -0.4 is 9.46 Å². The second kappa shape index (κ2) is 6.13. The Morgan fingerprint density at radius 3 is 2.52 bits per heavy atom. The monoisotopic (exact) mass is 326 g/mol. The molecule has 0 saturated heterocycles. The third kappa shape index (κ3) is 3.61. The Bertz CT molecular complexity index is 752. The SMILES string of the molecule is COc1cc(C)c(S(=O)(=O)NCc2ncc(C)s2)cc1C. The van der Waals surface area contributed by atoms with Crippen LogP contribution in [0.1, 0.15) is 21.0 Å². The average Bonchev–Trinajstić information content (AvgIpc) is 2.84. The molecule has 7 heteroatoms. The fourth-order valence-corrected chi connectivity index (χ4v) is 4.11.